The van der Waals surface area contributed by atoms with E-state index in [1.54, 1.807) is 12.1 Å². The molecule has 1 heterocycles. The highest BCUT2D eigenvalue weighted by Crippen LogP contribution is 2.34. The quantitative estimate of drug-likeness (QED) is 0.577. The number of halogens is 3. The monoisotopic (exact) mass is 461 g/mol. The number of anilines is 1. The summed E-state index contributed by atoms with van der Waals surface area (Å²) in [4.78, 5) is 30.5. The molecule has 3 rings (SSSR count). The maximum atomic E-state index is 13.7. The number of carbonyl (C=O) groups is 2. The topological polar surface area (TPSA) is 62.3 Å². The van der Waals surface area contributed by atoms with Gasteiger partial charge in [-0.05, 0) is 60.6 Å². The number of alkyl halides is 3. The van der Waals surface area contributed by atoms with Crippen LogP contribution in [0.25, 0.3) is 0 Å². The molecule has 0 bridgehead atoms. The van der Waals surface area contributed by atoms with Gasteiger partial charge in [0, 0.05) is 24.1 Å². The minimum Gasteiger partial charge on any atom is -0.351 e. The van der Waals surface area contributed by atoms with E-state index in [4.69, 9.17) is 0 Å². The van der Waals surface area contributed by atoms with Crippen LogP contribution in [0.1, 0.15) is 75.5 Å². The number of rotatable bonds is 7. The Bertz CT molecular complexity index is 926. The summed E-state index contributed by atoms with van der Waals surface area (Å²) in [5, 5.41) is 2.89. The molecule has 1 saturated carbocycles. The first-order chi connectivity index (χ1) is 15.7. The fourth-order valence-corrected chi connectivity index (χ4v) is 4.21. The van der Waals surface area contributed by atoms with Crippen molar-refractivity contribution < 1.29 is 22.8 Å². The number of aromatic nitrogens is 1. The third-order valence-corrected chi connectivity index (χ3v) is 6.29. The number of benzene rings is 1. The van der Waals surface area contributed by atoms with Gasteiger partial charge in [0.1, 0.15) is 6.04 Å². The largest absolute Gasteiger partial charge is 0.471 e. The molecule has 2 aromatic rings. The average molecular weight is 462 g/mol. The number of nitrogens with zero attached hydrogens (tertiary/aromatic N) is 2. The molecular formula is C25H30F3N3O2. The zero-order valence-electron chi connectivity index (χ0n) is 18.9. The van der Waals surface area contributed by atoms with Crippen LogP contribution in [-0.4, -0.2) is 29.0 Å². The molecule has 1 aliphatic rings. The van der Waals surface area contributed by atoms with Crippen LogP contribution in [0.5, 0.6) is 0 Å². The molecule has 8 heteroatoms. The predicted molar refractivity (Wildman–Crippen MR) is 121 cm³/mol. The maximum Gasteiger partial charge on any atom is 0.471 e. The van der Waals surface area contributed by atoms with Crippen molar-refractivity contribution in [3.63, 3.8) is 0 Å². The normalized spacial score (nSPS) is 16.6. The van der Waals surface area contributed by atoms with Crippen molar-refractivity contribution in [1.29, 1.82) is 0 Å². The van der Waals surface area contributed by atoms with Crippen molar-refractivity contribution in [1.82, 2.24) is 10.3 Å². The van der Waals surface area contributed by atoms with Gasteiger partial charge < -0.3 is 5.32 Å². The van der Waals surface area contributed by atoms with Crippen molar-refractivity contribution in [3.8, 4) is 0 Å². The molecule has 1 aliphatic carbocycles. The van der Waals surface area contributed by atoms with E-state index in [0.29, 0.717) is 4.90 Å². The number of carbonyl (C=O) groups excluding carboxylic acids is 2. The summed E-state index contributed by atoms with van der Waals surface area (Å²) in [6.07, 6.45) is 3.04. The third kappa shape index (κ3) is 6.12. The summed E-state index contributed by atoms with van der Waals surface area (Å²) in [5.74, 6) is -2.49. The van der Waals surface area contributed by atoms with Crippen molar-refractivity contribution >= 4 is 17.5 Å². The van der Waals surface area contributed by atoms with E-state index in [2.05, 4.69) is 10.3 Å². The Kier molecular flexibility index (Phi) is 8.10. The van der Waals surface area contributed by atoms with E-state index in [1.165, 1.54) is 36.7 Å². The molecule has 0 aliphatic heterocycles. The van der Waals surface area contributed by atoms with Gasteiger partial charge in [0.05, 0.1) is 0 Å². The van der Waals surface area contributed by atoms with Crippen molar-refractivity contribution in [3.05, 3.63) is 59.9 Å². The van der Waals surface area contributed by atoms with E-state index in [1.807, 2.05) is 13.8 Å². The van der Waals surface area contributed by atoms with Crippen molar-refractivity contribution in [2.45, 2.75) is 76.6 Å². The van der Waals surface area contributed by atoms with Gasteiger partial charge in [0.25, 0.3) is 0 Å². The number of hydrogen-bond donors (Lipinski definition) is 1. The molecule has 1 aromatic heterocycles. The van der Waals surface area contributed by atoms with Gasteiger partial charge in [-0.1, -0.05) is 45.2 Å². The lowest BCUT2D eigenvalue weighted by Crippen LogP contribution is -2.50. The Balaban J connectivity index is 2.05. The van der Waals surface area contributed by atoms with Crippen LogP contribution in [0.3, 0.4) is 0 Å². The number of hydrogen-bond acceptors (Lipinski definition) is 3. The zero-order valence-corrected chi connectivity index (χ0v) is 18.9. The van der Waals surface area contributed by atoms with Crippen LogP contribution in [0.4, 0.5) is 18.9 Å². The Morgan fingerprint density at radius 3 is 2.18 bits per heavy atom. The summed E-state index contributed by atoms with van der Waals surface area (Å²) in [5.41, 5.74) is 1.24. The Labute approximate surface area is 192 Å². The van der Waals surface area contributed by atoms with E-state index in [9.17, 15) is 22.8 Å². The van der Waals surface area contributed by atoms with Gasteiger partial charge >= 0.3 is 12.1 Å². The number of pyridine rings is 1. The molecule has 0 saturated heterocycles. The van der Waals surface area contributed by atoms with Gasteiger partial charge in [0.15, 0.2) is 0 Å². The third-order valence-electron chi connectivity index (χ3n) is 6.29. The molecule has 0 radical (unpaired) electrons. The standard InChI is InChI=1S/C25H30F3N3O2/c1-3-17(2)18-9-11-21(12-10-18)31(24(33)25(26,27)28)22(19-13-15-29-16-14-19)23(32)30-20-7-5-4-6-8-20/h9-17,20,22H,3-8H2,1-2H3,(H,30,32)/t17-,22+/m1/s1. The predicted octanol–water partition coefficient (Wildman–Crippen LogP) is 5.68. The van der Waals surface area contributed by atoms with Crippen LogP contribution < -0.4 is 10.2 Å². The lowest BCUT2D eigenvalue weighted by atomic mass is 9.94. The van der Waals surface area contributed by atoms with Crippen molar-refractivity contribution in [2.75, 3.05) is 4.90 Å². The fourth-order valence-electron chi connectivity index (χ4n) is 4.21. The molecule has 0 unspecified atom stereocenters. The zero-order chi connectivity index (χ0) is 24.0. The molecule has 0 spiro atoms. The molecule has 1 N–H and O–H groups in total. The molecule has 2 atom stereocenters. The van der Waals surface area contributed by atoms with Gasteiger partial charge in [-0.25, -0.2) is 0 Å². The summed E-state index contributed by atoms with van der Waals surface area (Å²) in [7, 11) is 0. The average Bonchev–Trinajstić information content (AvgIpc) is 2.82. The van der Waals surface area contributed by atoms with Gasteiger partial charge in [0.2, 0.25) is 5.91 Å². The molecule has 178 valence electrons. The van der Waals surface area contributed by atoms with E-state index >= 15 is 0 Å². The van der Waals surface area contributed by atoms with Gasteiger partial charge in [-0.2, -0.15) is 13.2 Å². The molecule has 1 fully saturated rings. The van der Waals surface area contributed by atoms with Crippen LogP contribution in [-0.2, 0) is 9.59 Å². The van der Waals surface area contributed by atoms with E-state index in [0.717, 1.165) is 44.1 Å². The molecule has 5 nitrogen and oxygen atoms in total. The summed E-state index contributed by atoms with van der Waals surface area (Å²) < 4.78 is 41.1. The summed E-state index contributed by atoms with van der Waals surface area (Å²) in [6.45, 7) is 4.04. The Morgan fingerprint density at radius 2 is 1.64 bits per heavy atom. The molecule has 33 heavy (non-hydrogen) atoms. The van der Waals surface area contributed by atoms with E-state index in [-0.39, 0.29) is 23.2 Å². The van der Waals surface area contributed by atoms with Crippen LogP contribution >= 0.6 is 0 Å². The first kappa shape index (κ1) is 24.7. The summed E-state index contributed by atoms with van der Waals surface area (Å²) >= 11 is 0. The van der Waals surface area contributed by atoms with Crippen LogP contribution in [0, 0.1) is 0 Å². The fraction of sp³-hybridized carbons (Fsp3) is 0.480. The van der Waals surface area contributed by atoms with E-state index < -0.39 is 24.0 Å². The second-order valence-electron chi connectivity index (χ2n) is 8.60. The highest BCUT2D eigenvalue weighted by Gasteiger charge is 2.47. The highest BCUT2D eigenvalue weighted by atomic mass is 19.4. The van der Waals surface area contributed by atoms with Crippen LogP contribution in [0.15, 0.2) is 48.8 Å². The molecule has 1 aromatic carbocycles. The SMILES string of the molecule is CC[C@@H](C)c1ccc(N(C(=O)C(F)(F)F)[C@H](C(=O)NC2CCCCC2)c2ccncc2)cc1. The van der Waals surface area contributed by atoms with Crippen molar-refractivity contribution in [2.24, 2.45) is 0 Å². The first-order valence-electron chi connectivity index (χ1n) is 11.4. The second kappa shape index (κ2) is 10.8. The minimum atomic E-state index is -5.15. The molecule has 2 amide bonds. The maximum absolute atomic E-state index is 13.7. The number of amides is 2. The van der Waals surface area contributed by atoms with Crippen LogP contribution in [0.2, 0.25) is 0 Å². The minimum absolute atomic E-state index is 0.0185. The molecular weight excluding hydrogens is 431 g/mol. The Morgan fingerprint density at radius 1 is 1.03 bits per heavy atom. The second-order valence-corrected chi connectivity index (χ2v) is 8.60. The lowest BCUT2D eigenvalue weighted by Gasteiger charge is -2.33. The lowest BCUT2D eigenvalue weighted by molar-refractivity contribution is -0.171. The first-order valence-corrected chi connectivity index (χ1v) is 11.4. The highest BCUT2D eigenvalue weighted by molar-refractivity contribution is 6.03. The smallest absolute Gasteiger partial charge is 0.351 e. The summed E-state index contributed by atoms with van der Waals surface area (Å²) in [6, 6.07) is 7.72. The number of nitrogens with one attached hydrogen (secondary N) is 1. The van der Waals surface area contributed by atoms with Gasteiger partial charge in [-0.15, -0.1) is 0 Å². The van der Waals surface area contributed by atoms with Gasteiger partial charge in [-0.3, -0.25) is 19.5 Å². The Hall–Kier alpha value is -2.90.